The number of nitrogens with one attached hydrogen (secondary N) is 1. The fraction of sp³-hybridized carbons (Fsp3) is 0.278. The van der Waals surface area contributed by atoms with Crippen molar-refractivity contribution >= 4 is 11.7 Å². The molecule has 110 valence electrons. The van der Waals surface area contributed by atoms with Crippen molar-refractivity contribution < 1.29 is 9.90 Å². The van der Waals surface area contributed by atoms with Gasteiger partial charge in [0.2, 0.25) is 0 Å². The lowest BCUT2D eigenvalue weighted by Crippen LogP contribution is -2.07. The first-order valence-electron chi connectivity index (χ1n) is 7.25. The standard InChI is InChI=1S/C18H21NO2/c1-3-15-6-4-5-7-17(15)19-12-14-8-10-16(11-9-14)13(2)18(20)21/h4-11,13,19H,3,12H2,1-2H3,(H,20,21). The van der Waals surface area contributed by atoms with Crippen LogP contribution in [0, 0.1) is 0 Å². The highest BCUT2D eigenvalue weighted by atomic mass is 16.4. The van der Waals surface area contributed by atoms with Gasteiger partial charge in [0.1, 0.15) is 0 Å². The zero-order chi connectivity index (χ0) is 15.2. The smallest absolute Gasteiger partial charge is 0.310 e. The normalized spacial score (nSPS) is 11.9. The van der Waals surface area contributed by atoms with Crippen molar-refractivity contribution in [1.82, 2.24) is 0 Å². The van der Waals surface area contributed by atoms with E-state index in [1.54, 1.807) is 6.92 Å². The Bertz CT molecular complexity index is 605. The van der Waals surface area contributed by atoms with Crippen LogP contribution in [-0.4, -0.2) is 11.1 Å². The zero-order valence-electron chi connectivity index (χ0n) is 12.5. The molecule has 3 nitrogen and oxygen atoms in total. The van der Waals surface area contributed by atoms with Crippen LogP contribution in [0.15, 0.2) is 48.5 Å². The van der Waals surface area contributed by atoms with Gasteiger partial charge in [-0.1, -0.05) is 49.4 Å². The average molecular weight is 283 g/mol. The second-order valence-electron chi connectivity index (χ2n) is 5.17. The number of hydrogen-bond acceptors (Lipinski definition) is 2. The number of rotatable bonds is 6. The average Bonchev–Trinajstić information content (AvgIpc) is 2.52. The molecule has 2 rings (SSSR count). The highest BCUT2D eigenvalue weighted by molar-refractivity contribution is 5.75. The monoisotopic (exact) mass is 283 g/mol. The molecule has 1 unspecified atom stereocenters. The Morgan fingerprint density at radius 2 is 1.81 bits per heavy atom. The number of hydrogen-bond donors (Lipinski definition) is 2. The number of aryl methyl sites for hydroxylation is 1. The maximum Gasteiger partial charge on any atom is 0.310 e. The molecule has 2 N–H and O–H groups in total. The third-order valence-electron chi connectivity index (χ3n) is 3.73. The van der Waals surface area contributed by atoms with Gasteiger partial charge in [-0.25, -0.2) is 0 Å². The van der Waals surface area contributed by atoms with Crippen LogP contribution in [0.5, 0.6) is 0 Å². The number of carboxylic acid groups (broad SMARTS) is 1. The van der Waals surface area contributed by atoms with Gasteiger partial charge in [0.25, 0.3) is 0 Å². The molecular weight excluding hydrogens is 262 g/mol. The third kappa shape index (κ3) is 3.85. The molecule has 1 atom stereocenters. The minimum atomic E-state index is -0.794. The van der Waals surface area contributed by atoms with Crippen LogP contribution >= 0.6 is 0 Å². The summed E-state index contributed by atoms with van der Waals surface area (Å²) in [5.74, 6) is -1.26. The molecule has 0 aliphatic heterocycles. The Balaban J connectivity index is 2.02. The summed E-state index contributed by atoms with van der Waals surface area (Å²) in [6.07, 6.45) is 0.998. The summed E-state index contributed by atoms with van der Waals surface area (Å²) in [7, 11) is 0. The lowest BCUT2D eigenvalue weighted by molar-refractivity contribution is -0.138. The van der Waals surface area contributed by atoms with E-state index < -0.39 is 11.9 Å². The van der Waals surface area contributed by atoms with E-state index in [1.807, 2.05) is 36.4 Å². The van der Waals surface area contributed by atoms with Crippen molar-refractivity contribution in [3.05, 3.63) is 65.2 Å². The quantitative estimate of drug-likeness (QED) is 0.841. The lowest BCUT2D eigenvalue weighted by Gasteiger charge is -2.12. The fourth-order valence-corrected chi connectivity index (χ4v) is 2.27. The van der Waals surface area contributed by atoms with E-state index in [0.29, 0.717) is 0 Å². The van der Waals surface area contributed by atoms with E-state index in [0.717, 1.165) is 29.8 Å². The van der Waals surface area contributed by atoms with E-state index >= 15 is 0 Å². The van der Waals surface area contributed by atoms with E-state index in [4.69, 9.17) is 5.11 Å². The first-order chi connectivity index (χ1) is 10.1. The molecule has 21 heavy (non-hydrogen) atoms. The van der Waals surface area contributed by atoms with Gasteiger partial charge in [-0.05, 0) is 36.1 Å². The predicted molar refractivity (Wildman–Crippen MR) is 85.6 cm³/mol. The highest BCUT2D eigenvalue weighted by Gasteiger charge is 2.12. The highest BCUT2D eigenvalue weighted by Crippen LogP contribution is 2.19. The number of para-hydroxylation sites is 1. The summed E-state index contributed by atoms with van der Waals surface area (Å²) in [4.78, 5) is 11.0. The van der Waals surface area contributed by atoms with Gasteiger partial charge < -0.3 is 10.4 Å². The molecule has 2 aromatic carbocycles. The summed E-state index contributed by atoms with van der Waals surface area (Å²) < 4.78 is 0. The first-order valence-corrected chi connectivity index (χ1v) is 7.25. The van der Waals surface area contributed by atoms with Crippen molar-refractivity contribution in [2.45, 2.75) is 32.7 Å². The van der Waals surface area contributed by atoms with Crippen LogP contribution in [0.3, 0.4) is 0 Å². The number of carbonyl (C=O) groups is 1. The molecule has 0 aliphatic carbocycles. The molecule has 0 amide bonds. The second-order valence-corrected chi connectivity index (χ2v) is 5.17. The van der Waals surface area contributed by atoms with Gasteiger partial charge >= 0.3 is 5.97 Å². The Labute approximate surface area is 125 Å². The maximum atomic E-state index is 11.0. The number of anilines is 1. The number of aliphatic carboxylic acids is 1. The van der Waals surface area contributed by atoms with Crippen molar-refractivity contribution in [3.8, 4) is 0 Å². The molecule has 0 aliphatic rings. The largest absolute Gasteiger partial charge is 0.481 e. The van der Waals surface area contributed by atoms with Gasteiger partial charge in [0, 0.05) is 12.2 Å². The fourth-order valence-electron chi connectivity index (χ4n) is 2.27. The summed E-state index contributed by atoms with van der Waals surface area (Å²) in [5, 5.41) is 12.4. The SMILES string of the molecule is CCc1ccccc1NCc1ccc(C(C)C(=O)O)cc1. The molecule has 0 bridgehead atoms. The molecule has 0 aromatic heterocycles. The van der Waals surface area contributed by atoms with Crippen LogP contribution in [0.25, 0.3) is 0 Å². The molecule has 0 spiro atoms. The summed E-state index contributed by atoms with van der Waals surface area (Å²) >= 11 is 0. The van der Waals surface area contributed by atoms with Crippen molar-refractivity contribution in [2.75, 3.05) is 5.32 Å². The summed E-state index contributed by atoms with van der Waals surface area (Å²) in [5.41, 5.74) is 4.43. The van der Waals surface area contributed by atoms with E-state index in [1.165, 1.54) is 5.56 Å². The summed E-state index contributed by atoms with van der Waals surface area (Å²) in [6, 6.07) is 16.0. The molecule has 0 heterocycles. The van der Waals surface area contributed by atoms with Gasteiger partial charge in [-0.2, -0.15) is 0 Å². The minimum absolute atomic E-state index is 0.465. The van der Waals surface area contributed by atoms with E-state index in [9.17, 15) is 4.79 Å². The van der Waals surface area contributed by atoms with Crippen LogP contribution in [0.4, 0.5) is 5.69 Å². The first kappa shape index (κ1) is 15.1. The van der Waals surface area contributed by atoms with Gasteiger partial charge in [-0.15, -0.1) is 0 Å². The van der Waals surface area contributed by atoms with Crippen molar-refractivity contribution in [3.63, 3.8) is 0 Å². The Morgan fingerprint density at radius 1 is 1.14 bits per heavy atom. The Kier molecular flexibility index (Phi) is 4.99. The van der Waals surface area contributed by atoms with Crippen LogP contribution in [-0.2, 0) is 17.8 Å². The second kappa shape index (κ2) is 6.93. The van der Waals surface area contributed by atoms with Gasteiger partial charge in [0.05, 0.1) is 5.92 Å². The van der Waals surface area contributed by atoms with Crippen molar-refractivity contribution in [1.29, 1.82) is 0 Å². The maximum absolute atomic E-state index is 11.0. The lowest BCUT2D eigenvalue weighted by atomic mass is 10.00. The zero-order valence-corrected chi connectivity index (χ0v) is 12.5. The predicted octanol–water partition coefficient (Wildman–Crippen LogP) is 4.05. The van der Waals surface area contributed by atoms with E-state index in [2.05, 4.69) is 24.4 Å². The van der Waals surface area contributed by atoms with Crippen LogP contribution in [0.1, 0.15) is 36.5 Å². The molecular formula is C18H21NO2. The molecule has 3 heteroatoms. The number of carboxylic acids is 1. The molecule has 0 fully saturated rings. The third-order valence-corrected chi connectivity index (χ3v) is 3.73. The summed E-state index contributed by atoms with van der Waals surface area (Å²) in [6.45, 7) is 4.58. The van der Waals surface area contributed by atoms with Crippen LogP contribution in [0.2, 0.25) is 0 Å². The van der Waals surface area contributed by atoms with Crippen LogP contribution < -0.4 is 5.32 Å². The minimum Gasteiger partial charge on any atom is -0.481 e. The van der Waals surface area contributed by atoms with E-state index in [-0.39, 0.29) is 0 Å². The molecule has 2 aromatic rings. The molecule has 0 saturated carbocycles. The topological polar surface area (TPSA) is 49.3 Å². The number of benzene rings is 2. The van der Waals surface area contributed by atoms with Gasteiger partial charge in [-0.3, -0.25) is 4.79 Å². The van der Waals surface area contributed by atoms with Gasteiger partial charge in [0.15, 0.2) is 0 Å². The Hall–Kier alpha value is -2.29. The van der Waals surface area contributed by atoms with Crippen molar-refractivity contribution in [2.24, 2.45) is 0 Å². The molecule has 0 radical (unpaired) electrons. The molecule has 0 saturated heterocycles. The Morgan fingerprint density at radius 3 is 2.43 bits per heavy atom.